The molecule has 4 aliphatic rings. The maximum absolute atomic E-state index is 13.0. The first-order valence-corrected chi connectivity index (χ1v) is 33.6. The van der Waals surface area contributed by atoms with E-state index in [0.29, 0.717) is 49.1 Å². The van der Waals surface area contributed by atoms with E-state index in [1.165, 1.54) is 25.3 Å². The van der Waals surface area contributed by atoms with Crippen molar-refractivity contribution in [2.24, 2.45) is 11.8 Å². The van der Waals surface area contributed by atoms with Gasteiger partial charge in [0.05, 0.1) is 79.9 Å². The second-order valence-electron chi connectivity index (χ2n) is 25.1. The molecule has 0 spiro atoms. The third-order valence-corrected chi connectivity index (χ3v) is 17.3. The Hall–Kier alpha value is -2.65. The van der Waals surface area contributed by atoms with Gasteiger partial charge in [-0.1, -0.05) is 101 Å². The molecule has 0 aromatic carbocycles. The Morgan fingerprint density at radius 2 is 1.31 bits per heavy atom. The second kappa shape index (κ2) is 41.0. The van der Waals surface area contributed by atoms with Crippen molar-refractivity contribution in [1.82, 2.24) is 0 Å². The van der Waals surface area contributed by atoms with E-state index in [9.17, 15) is 64.0 Å². The first-order valence-electron chi connectivity index (χ1n) is 32.2. The molecule has 4 heterocycles. The number of epoxide rings is 2. The minimum absolute atomic E-state index is 0.0601. The molecule has 0 amide bonds. The maximum atomic E-state index is 13.0. The molecule has 4 saturated heterocycles. The Morgan fingerprint density at radius 1 is 0.640 bits per heavy atom. The zero-order valence-corrected chi connectivity index (χ0v) is 52.5. The van der Waals surface area contributed by atoms with Gasteiger partial charge in [0.1, 0.15) is 42.1 Å². The van der Waals surface area contributed by atoms with Gasteiger partial charge in [-0.15, -0.1) is 6.58 Å². The Morgan fingerprint density at radius 3 is 2.03 bits per heavy atom. The fraction of sp³-hybridized carbons (Fsp3) is 0.815. The predicted octanol–water partition coefficient (Wildman–Crippen LogP) is 7.62. The summed E-state index contributed by atoms with van der Waals surface area (Å²) in [6, 6.07) is 0. The highest BCUT2D eigenvalue weighted by molar-refractivity contribution is 7.80. The largest absolute Gasteiger partial charge is 0.397 e. The van der Waals surface area contributed by atoms with Crippen LogP contribution in [0.3, 0.4) is 0 Å². The minimum atomic E-state index is -4.99. The topological polar surface area (TPSA) is 333 Å². The van der Waals surface area contributed by atoms with Gasteiger partial charge in [0.25, 0.3) is 0 Å². The first-order chi connectivity index (χ1) is 41.0. The van der Waals surface area contributed by atoms with Gasteiger partial charge in [0.15, 0.2) is 6.29 Å². The third-order valence-electron chi connectivity index (χ3n) is 16.9. The van der Waals surface area contributed by atoms with Crippen LogP contribution in [0.5, 0.6) is 0 Å². The molecule has 20 unspecified atom stereocenters. The quantitative estimate of drug-likeness (QED) is 0.0121. The Balaban J connectivity index is 1.04. The Labute approximate surface area is 513 Å². The summed E-state index contributed by atoms with van der Waals surface area (Å²) in [6.07, 6.45) is 16.9. The van der Waals surface area contributed by atoms with Crippen molar-refractivity contribution in [2.75, 3.05) is 6.61 Å². The molecule has 0 aliphatic carbocycles. The van der Waals surface area contributed by atoms with Crippen molar-refractivity contribution in [3.05, 3.63) is 61.3 Å². The lowest BCUT2D eigenvalue weighted by Crippen LogP contribution is -2.59. The van der Waals surface area contributed by atoms with E-state index in [-0.39, 0.29) is 50.7 Å². The number of carbonyl (C=O) groups is 2. The van der Waals surface area contributed by atoms with Crippen molar-refractivity contribution >= 4 is 22.0 Å². The summed E-state index contributed by atoms with van der Waals surface area (Å²) < 4.78 is 65.4. The van der Waals surface area contributed by atoms with Gasteiger partial charge in [-0.3, -0.25) is 14.1 Å². The van der Waals surface area contributed by atoms with E-state index in [1.54, 1.807) is 0 Å². The van der Waals surface area contributed by atoms with E-state index in [1.807, 2.05) is 6.08 Å². The fourth-order valence-electron chi connectivity index (χ4n) is 11.6. The highest BCUT2D eigenvalue weighted by Gasteiger charge is 2.46. The van der Waals surface area contributed by atoms with E-state index >= 15 is 0 Å². The summed E-state index contributed by atoms with van der Waals surface area (Å²) in [4.78, 5) is 26.0. The van der Waals surface area contributed by atoms with Crippen LogP contribution in [0.15, 0.2) is 61.3 Å². The van der Waals surface area contributed by atoms with Gasteiger partial charge in [-0.05, 0) is 128 Å². The molecule has 0 bridgehead atoms. The van der Waals surface area contributed by atoms with Gasteiger partial charge < -0.3 is 69.6 Å². The number of rotatable bonds is 49. The van der Waals surface area contributed by atoms with Crippen molar-refractivity contribution in [3.8, 4) is 0 Å². The van der Waals surface area contributed by atoms with E-state index in [2.05, 4.69) is 67.6 Å². The number of aliphatic hydroxyl groups is 9. The molecule has 4 aliphatic heterocycles. The summed E-state index contributed by atoms with van der Waals surface area (Å²) in [5.74, 6) is 0.576. The van der Waals surface area contributed by atoms with E-state index in [4.69, 9.17) is 28.2 Å². The van der Waals surface area contributed by atoms with E-state index in [0.717, 1.165) is 103 Å². The average molecular weight is 1240 g/mol. The zero-order valence-electron chi connectivity index (χ0n) is 51.7. The molecule has 496 valence electrons. The minimum Gasteiger partial charge on any atom is -0.394 e. The lowest BCUT2D eigenvalue weighted by molar-refractivity contribution is -0.313. The SMILES string of the molecule is C=CCCC1OC1CC(=C)CCC1OC1CCCCC=CCCC=CCC(C)C=CCC(C)CCCCCCC(=O)CCCC(CC(O)CC(=O)CC(O)CCC(O)C1CC(O)C(OS(=O)(=O)O)C(CC(C)O)O1)OC1OC(CO)C(O)C(O)C1O. The van der Waals surface area contributed by atoms with E-state index < -0.39 is 121 Å². The number of ether oxygens (including phenoxy) is 5. The average Bonchev–Trinajstić information content (AvgIpc) is 2.65. The molecule has 4 fully saturated rings. The third kappa shape index (κ3) is 31.4. The van der Waals surface area contributed by atoms with Crippen LogP contribution in [0.25, 0.3) is 0 Å². The molecule has 0 saturated carbocycles. The lowest BCUT2D eigenvalue weighted by Gasteiger charge is -2.41. The summed E-state index contributed by atoms with van der Waals surface area (Å²) in [7, 11) is -4.99. The fourth-order valence-corrected chi connectivity index (χ4v) is 12.1. The van der Waals surface area contributed by atoms with Crippen LogP contribution in [-0.2, 0) is 47.9 Å². The molecule has 21 heteroatoms. The maximum Gasteiger partial charge on any atom is 0.397 e. The van der Waals surface area contributed by atoms with Gasteiger partial charge in [-0.2, -0.15) is 8.42 Å². The Bertz CT molecular complexity index is 2140. The normalized spacial score (nSPS) is 29.4. The van der Waals surface area contributed by atoms with Gasteiger partial charge in [-0.25, -0.2) is 4.18 Å². The van der Waals surface area contributed by atoms with Crippen LogP contribution in [0, 0.1) is 11.8 Å². The highest BCUT2D eigenvalue weighted by Crippen LogP contribution is 2.36. The molecule has 20 nitrogen and oxygen atoms in total. The zero-order chi connectivity index (χ0) is 63.2. The van der Waals surface area contributed by atoms with Crippen molar-refractivity contribution in [2.45, 2.75) is 317 Å². The van der Waals surface area contributed by atoms with Gasteiger partial charge in [0, 0.05) is 44.9 Å². The molecular weight excluding hydrogens is 1130 g/mol. The standard InChI is InChI=1S/C65H110O20S/c1-6-7-30-55-58(82-55)36-45(4)32-35-56-54(81-56)31-20-14-12-10-8-9-11-13-17-23-43(2)25-21-26-44(3)24-18-15-16-19-27-47(68)28-22-29-51(80-65-63(76)62(75)61(74)60(42-66)84-65)40-50(71)39-49(70)38-48(69)33-34-52(72)57-41-53(73)64(85-86(77,78)79)59(83-57)37-46(5)67/h6,8,10,13,17,21,25,43-44,46,48,50-67,69,71-76H,1,4,7,9,11-12,14-16,18-20,22-24,26-42H2,2-3,5H3,(H,77,78,79). The van der Waals surface area contributed by atoms with Crippen LogP contribution in [0.1, 0.15) is 207 Å². The number of Topliss-reactive ketones (excluding diaryl/α,β-unsaturated/α-hetero) is 2. The summed E-state index contributed by atoms with van der Waals surface area (Å²) in [6.45, 7) is 13.3. The number of hydrogen-bond donors (Lipinski definition) is 10. The van der Waals surface area contributed by atoms with Gasteiger partial charge in [0.2, 0.25) is 0 Å². The number of unbranched alkanes of at least 4 members (excludes halogenated alkanes) is 6. The molecule has 20 atom stereocenters. The van der Waals surface area contributed by atoms with Crippen LogP contribution in [0.2, 0.25) is 0 Å². The van der Waals surface area contributed by atoms with Crippen LogP contribution in [0.4, 0.5) is 0 Å². The number of ketones is 2. The molecule has 10 N–H and O–H groups in total. The Kier molecular flexibility index (Phi) is 36.1. The molecular formula is C65H110O20S. The van der Waals surface area contributed by atoms with Crippen LogP contribution < -0.4 is 0 Å². The molecule has 0 aromatic heterocycles. The monoisotopic (exact) mass is 1240 g/mol. The summed E-state index contributed by atoms with van der Waals surface area (Å²) in [5.41, 5.74) is 1.29. The molecule has 0 radical (unpaired) electrons. The molecule has 0 aromatic rings. The number of allylic oxidation sites excluding steroid dienone is 7. The lowest BCUT2D eigenvalue weighted by atomic mass is 9.90. The number of aliphatic hydroxyl groups excluding tert-OH is 9. The van der Waals surface area contributed by atoms with Crippen molar-refractivity contribution in [3.63, 3.8) is 0 Å². The smallest absolute Gasteiger partial charge is 0.394 e. The van der Waals surface area contributed by atoms with Gasteiger partial charge >= 0.3 is 10.4 Å². The predicted molar refractivity (Wildman–Crippen MR) is 326 cm³/mol. The summed E-state index contributed by atoms with van der Waals surface area (Å²) >= 11 is 0. The first kappa shape index (κ1) is 75.8. The van der Waals surface area contributed by atoms with Crippen molar-refractivity contribution in [1.29, 1.82) is 0 Å². The number of hydrogen-bond acceptors (Lipinski definition) is 19. The molecule has 4 rings (SSSR count). The van der Waals surface area contributed by atoms with Crippen LogP contribution >= 0.6 is 0 Å². The summed E-state index contributed by atoms with van der Waals surface area (Å²) in [5, 5.41) is 94.1. The highest BCUT2D eigenvalue weighted by atomic mass is 32.3. The number of carbonyl (C=O) groups excluding carboxylic acids is 2. The van der Waals surface area contributed by atoms with Crippen LogP contribution in [-0.4, -0.2) is 187 Å². The second-order valence-corrected chi connectivity index (χ2v) is 26.2. The molecule has 86 heavy (non-hydrogen) atoms. The van der Waals surface area contributed by atoms with Crippen molar-refractivity contribution < 1.29 is 96.4 Å².